The molecule has 0 bridgehead atoms. The van der Waals surface area contributed by atoms with Crippen molar-refractivity contribution in [1.82, 2.24) is 19.9 Å². The zero-order valence-electron chi connectivity index (χ0n) is 19.1. The van der Waals surface area contributed by atoms with Crippen LogP contribution in [0.5, 0.6) is 0 Å². The van der Waals surface area contributed by atoms with Crippen molar-refractivity contribution in [3.63, 3.8) is 0 Å². The molecule has 0 radical (unpaired) electrons. The Balaban J connectivity index is 1.33. The van der Waals surface area contributed by atoms with Crippen LogP contribution in [0.3, 0.4) is 0 Å². The van der Waals surface area contributed by atoms with E-state index in [2.05, 4.69) is 15.0 Å². The van der Waals surface area contributed by atoms with Crippen LogP contribution in [0.25, 0.3) is 22.2 Å². The second kappa shape index (κ2) is 10.2. The van der Waals surface area contributed by atoms with Gasteiger partial charge in [-0.1, -0.05) is 72.8 Å². The zero-order chi connectivity index (χ0) is 24.0. The summed E-state index contributed by atoms with van der Waals surface area (Å²) in [6, 6.07) is 26.6. The van der Waals surface area contributed by atoms with Gasteiger partial charge in [0.05, 0.1) is 23.6 Å². The van der Waals surface area contributed by atoms with Crippen molar-refractivity contribution in [1.29, 1.82) is 0 Å². The normalized spacial score (nSPS) is 11.0. The Labute approximate surface area is 202 Å². The topological polar surface area (TPSA) is 92.1 Å². The third-order valence-electron chi connectivity index (χ3n) is 5.74. The molecule has 1 amide bonds. The van der Waals surface area contributed by atoms with Gasteiger partial charge in [0.1, 0.15) is 5.82 Å². The lowest BCUT2D eigenvalue weighted by atomic mass is 10.2. The first-order valence-corrected chi connectivity index (χ1v) is 11.5. The molecule has 0 atom stereocenters. The summed E-state index contributed by atoms with van der Waals surface area (Å²) in [5, 5.41) is 0.523. The number of aromatic amines is 1. The van der Waals surface area contributed by atoms with Gasteiger partial charge < -0.3 is 14.3 Å². The molecule has 2 aromatic heterocycles. The second-order valence-corrected chi connectivity index (χ2v) is 8.25. The van der Waals surface area contributed by atoms with Gasteiger partial charge in [0, 0.05) is 24.9 Å². The Morgan fingerprint density at radius 1 is 0.886 bits per heavy atom. The third-order valence-corrected chi connectivity index (χ3v) is 5.74. The smallest absolute Gasteiger partial charge is 0.258 e. The van der Waals surface area contributed by atoms with Crippen LogP contribution in [-0.4, -0.2) is 25.8 Å². The third kappa shape index (κ3) is 5.35. The molecule has 0 aliphatic heterocycles. The molecule has 2 heterocycles. The number of fused-ring (bicyclic) bond motifs is 1. The molecule has 0 spiro atoms. The lowest BCUT2D eigenvalue weighted by Gasteiger charge is -2.22. The number of hydrogen-bond donors (Lipinski definition) is 1. The Kier molecular flexibility index (Phi) is 6.48. The van der Waals surface area contributed by atoms with Crippen molar-refractivity contribution in [2.24, 2.45) is 0 Å². The van der Waals surface area contributed by atoms with Gasteiger partial charge in [-0.15, -0.1) is 0 Å². The number of carbonyl (C=O) groups excluding carboxylic acids is 1. The Morgan fingerprint density at radius 2 is 1.60 bits per heavy atom. The highest BCUT2D eigenvalue weighted by atomic mass is 16.4. The number of aryl methyl sites for hydroxylation is 1. The highest BCUT2D eigenvalue weighted by Crippen LogP contribution is 2.21. The number of rotatable bonds is 8. The number of aromatic nitrogens is 3. The molecule has 0 saturated carbocycles. The monoisotopic (exact) mass is 464 g/mol. The van der Waals surface area contributed by atoms with Crippen LogP contribution >= 0.6 is 0 Å². The van der Waals surface area contributed by atoms with Gasteiger partial charge in [0.15, 0.2) is 11.7 Å². The van der Waals surface area contributed by atoms with E-state index in [1.807, 2.05) is 66.7 Å². The van der Waals surface area contributed by atoms with Crippen LogP contribution in [0.2, 0.25) is 0 Å². The average molecular weight is 465 g/mol. The Hall–Kier alpha value is -4.52. The largest absolute Gasteiger partial charge is 0.441 e. The van der Waals surface area contributed by atoms with Gasteiger partial charge >= 0.3 is 0 Å². The van der Waals surface area contributed by atoms with Crippen molar-refractivity contribution in [2.45, 2.75) is 25.9 Å². The van der Waals surface area contributed by atoms with E-state index in [1.54, 1.807) is 29.3 Å². The van der Waals surface area contributed by atoms with Crippen LogP contribution in [0.1, 0.15) is 23.7 Å². The lowest BCUT2D eigenvalue weighted by Crippen LogP contribution is -2.32. The van der Waals surface area contributed by atoms with E-state index in [1.165, 1.54) is 0 Å². The first kappa shape index (κ1) is 22.3. The summed E-state index contributed by atoms with van der Waals surface area (Å²) in [5.74, 6) is 1.55. The molecule has 7 heteroatoms. The minimum atomic E-state index is -0.217. The molecule has 0 aliphatic rings. The predicted molar refractivity (Wildman–Crippen MR) is 133 cm³/mol. The van der Waals surface area contributed by atoms with Crippen molar-refractivity contribution in [3.05, 3.63) is 119 Å². The maximum atomic E-state index is 13.3. The van der Waals surface area contributed by atoms with Crippen molar-refractivity contribution in [3.8, 4) is 11.3 Å². The first-order chi connectivity index (χ1) is 17.2. The van der Waals surface area contributed by atoms with Gasteiger partial charge in [-0.3, -0.25) is 9.59 Å². The highest BCUT2D eigenvalue weighted by molar-refractivity contribution is 5.78. The maximum Gasteiger partial charge on any atom is 0.258 e. The molecule has 0 saturated heterocycles. The minimum absolute atomic E-state index is 0.0795. The van der Waals surface area contributed by atoms with E-state index in [0.717, 1.165) is 11.1 Å². The number of nitrogens with zero attached hydrogens (tertiary/aromatic N) is 3. The molecule has 3 aromatic carbocycles. The fourth-order valence-electron chi connectivity index (χ4n) is 3.96. The molecule has 1 N–H and O–H groups in total. The lowest BCUT2D eigenvalue weighted by molar-refractivity contribution is -0.132. The van der Waals surface area contributed by atoms with E-state index >= 15 is 0 Å². The molecule has 0 fully saturated rings. The number of amides is 1. The molecular weight excluding hydrogens is 440 g/mol. The van der Waals surface area contributed by atoms with Crippen molar-refractivity contribution in [2.75, 3.05) is 0 Å². The first-order valence-electron chi connectivity index (χ1n) is 11.5. The number of benzene rings is 3. The fraction of sp³-hybridized carbons (Fsp3) is 0.143. The van der Waals surface area contributed by atoms with E-state index in [9.17, 15) is 9.59 Å². The molecule has 35 heavy (non-hydrogen) atoms. The van der Waals surface area contributed by atoms with Crippen LogP contribution < -0.4 is 5.56 Å². The van der Waals surface area contributed by atoms with Crippen LogP contribution in [0, 0.1) is 0 Å². The van der Waals surface area contributed by atoms with Crippen molar-refractivity contribution >= 4 is 16.8 Å². The molecule has 5 aromatic rings. The van der Waals surface area contributed by atoms with E-state index < -0.39 is 0 Å². The van der Waals surface area contributed by atoms with Gasteiger partial charge in [-0.25, -0.2) is 9.97 Å². The maximum absolute atomic E-state index is 13.3. The quantitative estimate of drug-likeness (QED) is 0.358. The van der Waals surface area contributed by atoms with Gasteiger partial charge in [0.2, 0.25) is 5.91 Å². The summed E-state index contributed by atoms with van der Waals surface area (Å²) >= 11 is 0. The molecule has 0 aliphatic carbocycles. The van der Waals surface area contributed by atoms with Crippen molar-refractivity contribution < 1.29 is 9.21 Å². The SMILES string of the molecule is O=C(CCc1ncc(-c2ccccc2)o1)N(Cc1ccccc1)Cc1nc2ccccc2c(=O)[nH]1. The summed E-state index contributed by atoms with van der Waals surface area (Å²) in [6.45, 7) is 0.589. The van der Waals surface area contributed by atoms with Crippen LogP contribution in [0.4, 0.5) is 0 Å². The van der Waals surface area contributed by atoms with E-state index in [0.29, 0.717) is 41.3 Å². The fourth-order valence-corrected chi connectivity index (χ4v) is 3.96. The molecular formula is C28H24N4O3. The number of H-pyrrole nitrogens is 1. The Bertz CT molecular complexity index is 1490. The van der Waals surface area contributed by atoms with Gasteiger partial charge in [0.25, 0.3) is 5.56 Å². The average Bonchev–Trinajstić information content (AvgIpc) is 3.37. The standard InChI is InChI=1S/C28H24N4O3/c33-27(16-15-26-29-17-24(35-26)21-11-5-2-6-12-21)32(18-20-9-3-1-4-10-20)19-25-30-23-14-8-7-13-22(23)28(34)31-25/h1-14,17H,15-16,18-19H2,(H,30,31,34). The molecule has 7 nitrogen and oxygen atoms in total. The Morgan fingerprint density at radius 3 is 2.40 bits per heavy atom. The molecule has 0 unspecified atom stereocenters. The number of carbonyl (C=O) groups is 1. The summed E-state index contributed by atoms with van der Waals surface area (Å²) in [5.41, 5.74) is 2.32. The highest BCUT2D eigenvalue weighted by Gasteiger charge is 2.18. The van der Waals surface area contributed by atoms with E-state index in [-0.39, 0.29) is 24.4 Å². The van der Waals surface area contributed by atoms with Gasteiger partial charge in [-0.2, -0.15) is 0 Å². The summed E-state index contributed by atoms with van der Waals surface area (Å²) < 4.78 is 5.86. The number of oxazole rings is 1. The van der Waals surface area contributed by atoms with Crippen LogP contribution in [0.15, 0.2) is 100 Å². The van der Waals surface area contributed by atoms with E-state index in [4.69, 9.17) is 4.42 Å². The van der Waals surface area contributed by atoms with Gasteiger partial charge in [-0.05, 0) is 17.7 Å². The minimum Gasteiger partial charge on any atom is -0.441 e. The number of nitrogens with one attached hydrogen (secondary N) is 1. The molecule has 174 valence electrons. The molecule has 5 rings (SSSR count). The predicted octanol–water partition coefficient (Wildman–Crippen LogP) is 4.74. The second-order valence-electron chi connectivity index (χ2n) is 8.25. The number of hydrogen-bond acceptors (Lipinski definition) is 5. The summed E-state index contributed by atoms with van der Waals surface area (Å²) in [4.78, 5) is 39.2. The number of para-hydroxylation sites is 1. The van der Waals surface area contributed by atoms with Crippen LogP contribution in [-0.2, 0) is 24.3 Å². The summed E-state index contributed by atoms with van der Waals surface area (Å²) in [6.07, 6.45) is 2.28. The zero-order valence-corrected chi connectivity index (χ0v) is 19.1. The summed E-state index contributed by atoms with van der Waals surface area (Å²) in [7, 11) is 0.